The summed E-state index contributed by atoms with van der Waals surface area (Å²) in [5.41, 5.74) is 0. The van der Waals surface area contributed by atoms with E-state index < -0.39 is 0 Å². The first kappa shape index (κ1) is 45.7. The molecule has 2 rings (SSSR count). The molecule has 2 heterocycles. The van der Waals surface area contributed by atoms with Gasteiger partial charge in [0.05, 0.1) is 6.26 Å². The third-order valence-electron chi connectivity index (χ3n) is 6.99. The minimum Gasteiger partial charge on any atom is -0.470 e. The summed E-state index contributed by atoms with van der Waals surface area (Å²) in [6.45, 7) is 25.8. The number of ketones is 1. The Bertz CT molecular complexity index is 667. The maximum absolute atomic E-state index is 9.84. The zero-order valence-electron chi connectivity index (χ0n) is 29.2. The van der Waals surface area contributed by atoms with Crippen LogP contribution in [0.15, 0.2) is 53.4 Å². The zero-order chi connectivity index (χ0) is 32.3. The Labute approximate surface area is 256 Å². The van der Waals surface area contributed by atoms with Gasteiger partial charge in [-0.05, 0) is 68.2 Å². The number of Topliss-reactive ketones (excluding diaryl/α,β-unsaturated/α-hetero) is 1. The van der Waals surface area contributed by atoms with Crippen molar-refractivity contribution in [2.24, 2.45) is 23.7 Å². The third-order valence-corrected chi connectivity index (χ3v) is 6.99. The summed E-state index contributed by atoms with van der Waals surface area (Å²) in [5.74, 6) is 4.76. The number of furan rings is 1. The number of unbranched alkanes of at least 4 members (excludes halogenated alkanes) is 5. The molecule has 0 fully saturated rings. The van der Waals surface area contributed by atoms with E-state index >= 15 is 0 Å². The van der Waals surface area contributed by atoms with E-state index in [4.69, 9.17) is 4.42 Å². The SMILES string of the molecule is CC(C)C(C)C(C)C.CCC(C)=O.CCC(CC)CC.CCCCCCCC=O.Cc1ccco1.c1ccncc1. The second-order valence-corrected chi connectivity index (χ2v) is 11.1. The average molecular weight is 576 g/mol. The zero-order valence-corrected chi connectivity index (χ0v) is 29.2. The van der Waals surface area contributed by atoms with Gasteiger partial charge in [0.15, 0.2) is 0 Å². The van der Waals surface area contributed by atoms with Crippen LogP contribution in [-0.2, 0) is 9.59 Å². The van der Waals surface area contributed by atoms with Crippen molar-refractivity contribution in [3.63, 3.8) is 0 Å². The second-order valence-electron chi connectivity index (χ2n) is 11.1. The lowest BCUT2D eigenvalue weighted by Gasteiger charge is -2.18. The minimum atomic E-state index is 0.255. The first-order valence-electron chi connectivity index (χ1n) is 16.3. The number of hydrogen-bond acceptors (Lipinski definition) is 4. The molecule has 0 amide bonds. The van der Waals surface area contributed by atoms with Crippen LogP contribution in [0.2, 0.25) is 0 Å². The Kier molecular flexibility index (Phi) is 42.1. The smallest absolute Gasteiger partial charge is 0.129 e. The number of aldehydes is 1. The second kappa shape index (κ2) is 37.8. The van der Waals surface area contributed by atoms with Crippen LogP contribution in [0.5, 0.6) is 0 Å². The number of rotatable bonds is 12. The van der Waals surface area contributed by atoms with Gasteiger partial charge in [-0.25, -0.2) is 0 Å². The molecule has 2 aromatic rings. The average Bonchev–Trinajstić information content (AvgIpc) is 3.47. The number of aryl methyl sites for hydroxylation is 1. The molecule has 0 N–H and O–H groups in total. The number of carbonyl (C=O) groups excluding carboxylic acids is 2. The lowest BCUT2D eigenvalue weighted by Crippen LogP contribution is -2.10. The monoisotopic (exact) mass is 576 g/mol. The Balaban J connectivity index is -0.000000202. The summed E-state index contributed by atoms with van der Waals surface area (Å²) in [6.07, 6.45) is 17.9. The molecule has 4 heteroatoms. The first-order valence-corrected chi connectivity index (χ1v) is 16.3. The lowest BCUT2D eigenvalue weighted by atomic mass is 9.88. The van der Waals surface area contributed by atoms with Gasteiger partial charge in [0, 0.05) is 25.2 Å². The summed E-state index contributed by atoms with van der Waals surface area (Å²) >= 11 is 0. The highest BCUT2D eigenvalue weighted by atomic mass is 16.3. The number of nitrogens with zero attached hydrogens (tertiary/aromatic N) is 1. The van der Waals surface area contributed by atoms with E-state index in [1.54, 1.807) is 25.6 Å². The van der Waals surface area contributed by atoms with Crippen LogP contribution in [0.3, 0.4) is 0 Å². The van der Waals surface area contributed by atoms with Crippen molar-refractivity contribution < 1.29 is 14.0 Å². The Hall–Kier alpha value is -2.23. The van der Waals surface area contributed by atoms with Crippen LogP contribution in [0.1, 0.15) is 146 Å². The van der Waals surface area contributed by atoms with Crippen molar-refractivity contribution in [2.45, 2.75) is 147 Å². The molecule has 0 aliphatic heterocycles. The van der Waals surface area contributed by atoms with Crippen LogP contribution in [0.4, 0.5) is 0 Å². The van der Waals surface area contributed by atoms with Gasteiger partial charge in [-0.3, -0.25) is 4.98 Å². The predicted molar refractivity (Wildman–Crippen MR) is 181 cm³/mol. The molecule has 0 saturated carbocycles. The molecule has 0 aliphatic carbocycles. The largest absolute Gasteiger partial charge is 0.470 e. The van der Waals surface area contributed by atoms with Gasteiger partial charge in [0.1, 0.15) is 17.8 Å². The molecular formula is C37H69NO3. The van der Waals surface area contributed by atoms with Gasteiger partial charge >= 0.3 is 0 Å². The van der Waals surface area contributed by atoms with E-state index in [1.165, 1.54) is 44.9 Å². The fourth-order valence-electron chi connectivity index (χ4n) is 3.14. The molecule has 0 spiro atoms. The molecule has 41 heavy (non-hydrogen) atoms. The van der Waals surface area contributed by atoms with Crippen LogP contribution in [0.25, 0.3) is 0 Å². The van der Waals surface area contributed by atoms with Gasteiger partial charge in [0.2, 0.25) is 0 Å². The van der Waals surface area contributed by atoms with Crippen LogP contribution < -0.4 is 0 Å². The minimum absolute atomic E-state index is 0.255. The van der Waals surface area contributed by atoms with Gasteiger partial charge < -0.3 is 14.0 Å². The van der Waals surface area contributed by atoms with Gasteiger partial charge in [-0.15, -0.1) is 0 Å². The highest BCUT2D eigenvalue weighted by Gasteiger charge is 2.09. The maximum atomic E-state index is 9.84. The molecule has 2 aromatic heterocycles. The Morgan fingerprint density at radius 1 is 0.805 bits per heavy atom. The summed E-state index contributed by atoms with van der Waals surface area (Å²) < 4.78 is 4.83. The molecular weight excluding hydrogens is 506 g/mol. The van der Waals surface area contributed by atoms with Crippen molar-refractivity contribution in [2.75, 3.05) is 0 Å². The summed E-state index contributed by atoms with van der Waals surface area (Å²) in [7, 11) is 0. The van der Waals surface area contributed by atoms with E-state index in [0.29, 0.717) is 6.42 Å². The van der Waals surface area contributed by atoms with E-state index in [0.717, 1.165) is 48.6 Å². The van der Waals surface area contributed by atoms with Crippen LogP contribution in [-0.4, -0.2) is 17.1 Å². The molecule has 0 radical (unpaired) electrons. The fourth-order valence-corrected chi connectivity index (χ4v) is 3.14. The van der Waals surface area contributed by atoms with Crippen LogP contribution in [0, 0.1) is 30.6 Å². The van der Waals surface area contributed by atoms with Gasteiger partial charge in [-0.1, -0.05) is 120 Å². The van der Waals surface area contributed by atoms with Crippen molar-refractivity contribution in [3.8, 4) is 0 Å². The van der Waals surface area contributed by atoms with E-state index in [2.05, 4.69) is 67.3 Å². The normalized spacial score (nSPS) is 9.56. The summed E-state index contributed by atoms with van der Waals surface area (Å²) in [5, 5.41) is 0. The van der Waals surface area contributed by atoms with Crippen molar-refractivity contribution >= 4 is 12.1 Å². The molecule has 0 atom stereocenters. The molecule has 0 aromatic carbocycles. The number of pyridine rings is 1. The highest BCUT2D eigenvalue weighted by Crippen LogP contribution is 2.18. The first-order chi connectivity index (χ1) is 19.5. The molecule has 0 unspecified atom stereocenters. The highest BCUT2D eigenvalue weighted by molar-refractivity contribution is 5.74. The van der Waals surface area contributed by atoms with Crippen molar-refractivity contribution in [1.29, 1.82) is 0 Å². The molecule has 240 valence electrons. The number of aromatic nitrogens is 1. The Morgan fingerprint density at radius 3 is 1.46 bits per heavy atom. The molecule has 0 aliphatic rings. The summed E-state index contributed by atoms with van der Waals surface area (Å²) in [6, 6.07) is 9.50. The van der Waals surface area contributed by atoms with Crippen LogP contribution >= 0.6 is 0 Å². The summed E-state index contributed by atoms with van der Waals surface area (Å²) in [4.78, 5) is 23.4. The predicted octanol–water partition coefficient (Wildman–Crippen LogP) is 12.0. The maximum Gasteiger partial charge on any atom is 0.129 e. The van der Waals surface area contributed by atoms with Gasteiger partial charge in [-0.2, -0.15) is 0 Å². The van der Waals surface area contributed by atoms with Crippen molar-refractivity contribution in [3.05, 3.63) is 54.7 Å². The quantitative estimate of drug-likeness (QED) is 0.186. The Morgan fingerprint density at radius 2 is 1.29 bits per heavy atom. The van der Waals surface area contributed by atoms with Gasteiger partial charge in [0.25, 0.3) is 0 Å². The molecule has 4 nitrogen and oxygen atoms in total. The topological polar surface area (TPSA) is 60.2 Å². The van der Waals surface area contributed by atoms with Crippen molar-refractivity contribution in [1.82, 2.24) is 4.98 Å². The number of carbonyl (C=O) groups is 2. The number of hydrogen-bond donors (Lipinski definition) is 0. The standard InChI is InChI=1S/C8H16O.C8H18.C7H16.C5H5N.C5H6O.C4H8O/c1-2-3-4-5-6-7-8-9;1-6(2)8(5)7(3)4;1-4-7(5-2)6-3;1-2-4-6-5-3-1;1-5-3-2-4-6-5;1-3-4(2)5/h8H,2-7H2,1H3;6-8H,1-5H3;7H,4-6H2,1-3H3;1-5H;2-4H,1H3;3H2,1-2H3. The van der Waals surface area contributed by atoms with E-state index in [1.807, 2.05) is 44.2 Å². The molecule has 0 bridgehead atoms. The third kappa shape index (κ3) is 45.0. The fraction of sp³-hybridized carbons (Fsp3) is 0.703. The lowest BCUT2D eigenvalue weighted by molar-refractivity contribution is -0.116. The molecule has 0 saturated heterocycles. The van der Waals surface area contributed by atoms with E-state index in [9.17, 15) is 9.59 Å². The van der Waals surface area contributed by atoms with E-state index in [-0.39, 0.29) is 5.78 Å².